The monoisotopic (exact) mass is 580 g/mol. The Morgan fingerprint density at radius 2 is 1.76 bits per heavy atom. The molecule has 1 aliphatic heterocycles. The van der Waals surface area contributed by atoms with Crippen molar-refractivity contribution in [1.29, 1.82) is 0 Å². The molecule has 0 saturated carbocycles. The fourth-order valence-electron chi connectivity index (χ4n) is 5.31. The SMILES string of the molecule is Cc1[nH]c(/C=C2\C(=O)Nc3ccc(S(=O)(=O)Cc4ccccc4F)cc32)c(C)c1C(=O)NCCN(C(C)C)C(C)C. The zero-order valence-electron chi connectivity index (χ0n) is 24.3. The van der Waals surface area contributed by atoms with Crippen LogP contribution in [0.25, 0.3) is 11.6 Å². The number of hydrogen-bond donors (Lipinski definition) is 3. The lowest BCUT2D eigenvalue weighted by atomic mass is 10.0. The molecule has 0 unspecified atom stereocenters. The summed E-state index contributed by atoms with van der Waals surface area (Å²) in [5, 5.41) is 5.77. The van der Waals surface area contributed by atoms with Crippen LogP contribution in [0.15, 0.2) is 47.4 Å². The number of carbonyl (C=O) groups is 2. The number of halogens is 1. The van der Waals surface area contributed by atoms with Crippen molar-refractivity contribution in [3.05, 3.63) is 81.9 Å². The summed E-state index contributed by atoms with van der Waals surface area (Å²) < 4.78 is 40.4. The second kappa shape index (κ2) is 12.0. The van der Waals surface area contributed by atoms with Gasteiger partial charge in [-0.25, -0.2) is 12.8 Å². The van der Waals surface area contributed by atoms with Gasteiger partial charge in [0.25, 0.3) is 11.8 Å². The second-order valence-corrected chi connectivity index (χ2v) is 12.9. The molecular weight excluding hydrogens is 543 g/mol. The Labute approximate surface area is 241 Å². The molecule has 2 amide bonds. The van der Waals surface area contributed by atoms with Crippen LogP contribution in [0.5, 0.6) is 0 Å². The van der Waals surface area contributed by atoms with Crippen molar-refractivity contribution in [1.82, 2.24) is 15.2 Å². The molecular formula is C31H37FN4O4S. The van der Waals surface area contributed by atoms with Gasteiger partial charge in [-0.15, -0.1) is 0 Å². The van der Waals surface area contributed by atoms with Crippen molar-refractivity contribution < 1.29 is 22.4 Å². The summed E-state index contributed by atoms with van der Waals surface area (Å²) in [5.74, 6) is -1.68. The van der Waals surface area contributed by atoms with Gasteiger partial charge in [0.15, 0.2) is 9.84 Å². The van der Waals surface area contributed by atoms with E-state index in [9.17, 15) is 22.4 Å². The third kappa shape index (κ3) is 6.44. The number of rotatable bonds is 10. The average Bonchev–Trinajstić information content (AvgIpc) is 3.36. The van der Waals surface area contributed by atoms with Gasteiger partial charge >= 0.3 is 0 Å². The second-order valence-electron chi connectivity index (χ2n) is 10.9. The van der Waals surface area contributed by atoms with Crippen molar-refractivity contribution in [2.24, 2.45) is 0 Å². The fraction of sp³-hybridized carbons (Fsp3) is 0.355. The van der Waals surface area contributed by atoms with Crippen LogP contribution in [-0.2, 0) is 20.4 Å². The first kappa shape index (κ1) is 30.2. The summed E-state index contributed by atoms with van der Waals surface area (Å²) in [6, 6.07) is 10.8. The number of aromatic amines is 1. The summed E-state index contributed by atoms with van der Waals surface area (Å²) in [6.07, 6.45) is 1.63. The Bertz CT molecular complexity index is 1610. The molecule has 0 atom stereocenters. The van der Waals surface area contributed by atoms with Gasteiger partial charge in [-0.2, -0.15) is 0 Å². The zero-order valence-corrected chi connectivity index (χ0v) is 25.1. The largest absolute Gasteiger partial charge is 0.358 e. The van der Waals surface area contributed by atoms with Crippen molar-refractivity contribution >= 4 is 39.0 Å². The summed E-state index contributed by atoms with van der Waals surface area (Å²) in [5.41, 5.74) is 3.67. The minimum absolute atomic E-state index is 0.0156. The van der Waals surface area contributed by atoms with E-state index in [1.54, 1.807) is 19.1 Å². The molecule has 3 N–H and O–H groups in total. The zero-order chi connectivity index (χ0) is 30.1. The minimum Gasteiger partial charge on any atom is -0.358 e. The molecule has 0 spiro atoms. The van der Waals surface area contributed by atoms with Gasteiger partial charge in [0.2, 0.25) is 0 Å². The molecule has 0 bridgehead atoms. The van der Waals surface area contributed by atoms with Crippen LogP contribution in [0.2, 0.25) is 0 Å². The summed E-state index contributed by atoms with van der Waals surface area (Å²) >= 11 is 0. The van der Waals surface area contributed by atoms with Crippen LogP contribution in [0.4, 0.5) is 10.1 Å². The Morgan fingerprint density at radius 3 is 2.41 bits per heavy atom. The van der Waals surface area contributed by atoms with Crippen molar-refractivity contribution in [3.8, 4) is 0 Å². The molecule has 0 saturated heterocycles. The lowest BCUT2D eigenvalue weighted by Gasteiger charge is -2.30. The topological polar surface area (TPSA) is 111 Å². The fourth-order valence-corrected chi connectivity index (χ4v) is 6.69. The van der Waals surface area contributed by atoms with Gasteiger partial charge in [0.05, 0.1) is 21.8 Å². The molecule has 1 aromatic heterocycles. The molecule has 0 aliphatic carbocycles. The van der Waals surface area contributed by atoms with Crippen molar-refractivity contribution in [2.45, 2.75) is 64.3 Å². The number of sulfone groups is 1. The number of fused-ring (bicyclic) bond motifs is 1. The van der Waals surface area contributed by atoms with E-state index in [1.807, 2.05) is 6.92 Å². The van der Waals surface area contributed by atoms with Crippen LogP contribution in [-0.4, -0.2) is 55.3 Å². The van der Waals surface area contributed by atoms with Gasteiger partial charge < -0.3 is 15.6 Å². The number of aromatic nitrogens is 1. The lowest BCUT2D eigenvalue weighted by Crippen LogP contribution is -2.42. The Morgan fingerprint density at radius 1 is 1.07 bits per heavy atom. The van der Waals surface area contributed by atoms with Gasteiger partial charge in [-0.3, -0.25) is 14.5 Å². The minimum atomic E-state index is -3.89. The maximum Gasteiger partial charge on any atom is 0.256 e. The van der Waals surface area contributed by atoms with E-state index in [-0.39, 0.29) is 27.8 Å². The number of amides is 2. The third-order valence-electron chi connectivity index (χ3n) is 7.41. The summed E-state index contributed by atoms with van der Waals surface area (Å²) in [4.78, 5) is 31.5. The van der Waals surface area contributed by atoms with Crippen LogP contribution in [0.3, 0.4) is 0 Å². The van der Waals surface area contributed by atoms with Crippen LogP contribution in [0.1, 0.15) is 66.1 Å². The lowest BCUT2D eigenvalue weighted by molar-refractivity contribution is -0.110. The molecule has 2 aromatic carbocycles. The van der Waals surface area contributed by atoms with E-state index in [1.165, 1.54) is 36.4 Å². The molecule has 41 heavy (non-hydrogen) atoms. The molecule has 1 aliphatic rings. The first-order valence-electron chi connectivity index (χ1n) is 13.7. The quantitative estimate of drug-likeness (QED) is 0.290. The smallest absolute Gasteiger partial charge is 0.256 e. The maximum atomic E-state index is 14.1. The van der Waals surface area contributed by atoms with Crippen molar-refractivity contribution in [2.75, 3.05) is 18.4 Å². The molecule has 10 heteroatoms. The van der Waals surface area contributed by atoms with Gasteiger partial charge in [-0.1, -0.05) is 18.2 Å². The molecule has 218 valence electrons. The van der Waals surface area contributed by atoms with E-state index >= 15 is 0 Å². The highest BCUT2D eigenvalue weighted by Gasteiger charge is 2.28. The van der Waals surface area contributed by atoms with Gasteiger partial charge in [0.1, 0.15) is 5.82 Å². The summed E-state index contributed by atoms with van der Waals surface area (Å²) in [6.45, 7) is 13.3. The van der Waals surface area contributed by atoms with E-state index in [0.29, 0.717) is 52.4 Å². The summed E-state index contributed by atoms with van der Waals surface area (Å²) in [7, 11) is -3.89. The molecule has 0 fully saturated rings. The number of H-pyrrole nitrogens is 1. The highest BCUT2D eigenvalue weighted by molar-refractivity contribution is 7.90. The number of benzene rings is 2. The molecule has 3 aromatic rings. The number of nitrogens with one attached hydrogen (secondary N) is 3. The third-order valence-corrected chi connectivity index (χ3v) is 9.07. The van der Waals surface area contributed by atoms with Gasteiger partial charge in [0, 0.05) is 53.4 Å². The van der Waals surface area contributed by atoms with Crippen LogP contribution in [0, 0.1) is 19.7 Å². The Kier molecular flexibility index (Phi) is 8.84. The first-order chi connectivity index (χ1) is 19.3. The van der Waals surface area contributed by atoms with Crippen LogP contribution >= 0.6 is 0 Å². The van der Waals surface area contributed by atoms with E-state index in [4.69, 9.17) is 0 Å². The maximum absolute atomic E-state index is 14.1. The number of aryl methyl sites for hydroxylation is 1. The standard InChI is InChI=1S/C31H37FN4O4S/c1-18(2)36(19(3)4)14-13-33-31(38)29-20(5)28(34-21(29)6)16-25-24-15-23(11-12-27(24)35-30(25)37)41(39,40)17-22-9-7-8-10-26(22)32/h7-12,15-16,18-19,34H,13-14,17H2,1-6H3,(H,33,38)(H,35,37)/b25-16-. The van der Waals surface area contributed by atoms with E-state index in [0.717, 1.165) is 6.54 Å². The number of anilines is 1. The van der Waals surface area contributed by atoms with Crippen molar-refractivity contribution in [3.63, 3.8) is 0 Å². The Hall–Kier alpha value is -3.76. The van der Waals surface area contributed by atoms with E-state index < -0.39 is 21.4 Å². The molecule has 4 rings (SSSR count). The number of carbonyl (C=O) groups excluding carboxylic acids is 2. The molecule has 0 radical (unpaired) electrons. The first-order valence-corrected chi connectivity index (χ1v) is 15.3. The molecule has 2 heterocycles. The van der Waals surface area contributed by atoms with Gasteiger partial charge in [-0.05, 0) is 77.4 Å². The highest BCUT2D eigenvalue weighted by atomic mass is 32.2. The number of hydrogen-bond acceptors (Lipinski definition) is 5. The molecule has 8 nitrogen and oxygen atoms in total. The predicted octanol–water partition coefficient (Wildman–Crippen LogP) is 5.09. The average molecular weight is 581 g/mol. The van der Waals surface area contributed by atoms with E-state index in [2.05, 4.69) is 48.2 Å². The highest BCUT2D eigenvalue weighted by Crippen LogP contribution is 2.36. The number of nitrogens with zero attached hydrogens (tertiary/aromatic N) is 1. The normalized spacial score (nSPS) is 14.3. The van der Waals surface area contributed by atoms with Crippen LogP contribution < -0.4 is 10.6 Å². The predicted molar refractivity (Wildman–Crippen MR) is 160 cm³/mol. The Balaban J connectivity index is 1.59.